The molecule has 8 unspecified atom stereocenters. The number of rotatable bonds is 53. The Morgan fingerprint density at radius 1 is 0.527 bits per heavy atom. The Hall–Kier alpha value is -2.12. The molecule has 11 nitrogen and oxygen atoms in total. The molecule has 0 aliphatic carbocycles. The number of allylic oxidation sites excluding steroid dienone is 5. The van der Waals surface area contributed by atoms with Crippen molar-refractivity contribution in [3.05, 3.63) is 36.5 Å². The van der Waals surface area contributed by atoms with E-state index >= 15 is 0 Å². The van der Waals surface area contributed by atoms with Gasteiger partial charge in [-0.2, -0.15) is 0 Å². The summed E-state index contributed by atoms with van der Waals surface area (Å²) in [4.78, 5) is 26.5. The predicted molar refractivity (Wildman–Crippen MR) is 306 cm³/mol. The molecule has 8 atom stereocenters. The van der Waals surface area contributed by atoms with Gasteiger partial charge in [0.1, 0.15) is 24.4 Å². The molecular formula is C63H117NO10. The molecule has 11 heteroatoms. The van der Waals surface area contributed by atoms with E-state index in [2.05, 4.69) is 50.4 Å². The number of carbonyl (C=O) groups is 2. The van der Waals surface area contributed by atoms with Crippen LogP contribution in [0.15, 0.2) is 36.5 Å². The fourth-order valence-corrected chi connectivity index (χ4v) is 9.80. The molecule has 1 heterocycles. The van der Waals surface area contributed by atoms with Gasteiger partial charge < -0.3 is 45.1 Å². The molecular weight excluding hydrogens is 931 g/mol. The van der Waals surface area contributed by atoms with Crippen molar-refractivity contribution < 1.29 is 49.3 Å². The first-order valence-corrected chi connectivity index (χ1v) is 31.3. The molecule has 0 radical (unpaired) electrons. The number of aliphatic hydroxyl groups is 5. The van der Waals surface area contributed by atoms with E-state index in [0.717, 1.165) is 77.0 Å². The summed E-state index contributed by atoms with van der Waals surface area (Å²) in [6.07, 6.45) is 50.3. The van der Waals surface area contributed by atoms with Gasteiger partial charge in [0.05, 0.1) is 25.4 Å². The van der Waals surface area contributed by atoms with Crippen LogP contribution in [-0.4, -0.2) is 99.6 Å². The zero-order valence-electron chi connectivity index (χ0n) is 48.0. The number of carbonyl (C=O) groups excluding carboxylic acids is 2. The Morgan fingerprint density at radius 3 is 1.41 bits per heavy atom. The zero-order chi connectivity index (χ0) is 54.0. The molecule has 1 aliphatic heterocycles. The molecule has 74 heavy (non-hydrogen) atoms. The maximum Gasteiger partial charge on any atom is 0.306 e. The Bertz CT molecular complexity index is 1340. The molecule has 434 valence electrons. The average molecular weight is 1050 g/mol. The second-order valence-electron chi connectivity index (χ2n) is 21.8. The van der Waals surface area contributed by atoms with E-state index in [9.17, 15) is 35.1 Å². The minimum atomic E-state index is -1.61. The lowest BCUT2D eigenvalue weighted by molar-refractivity contribution is -0.305. The van der Waals surface area contributed by atoms with Crippen molar-refractivity contribution in [3.63, 3.8) is 0 Å². The summed E-state index contributed by atoms with van der Waals surface area (Å²) in [6.45, 7) is 5.78. The van der Waals surface area contributed by atoms with E-state index in [4.69, 9.17) is 14.2 Å². The highest BCUT2D eigenvalue weighted by atomic mass is 16.7. The average Bonchev–Trinajstić information content (AvgIpc) is 3.40. The molecule has 1 amide bonds. The second-order valence-corrected chi connectivity index (χ2v) is 21.8. The third kappa shape index (κ3) is 39.3. The van der Waals surface area contributed by atoms with Crippen molar-refractivity contribution in [2.75, 3.05) is 13.2 Å². The molecule has 1 fully saturated rings. The van der Waals surface area contributed by atoms with E-state index < -0.39 is 67.4 Å². The first kappa shape index (κ1) is 69.9. The maximum absolute atomic E-state index is 13.4. The smallest absolute Gasteiger partial charge is 0.306 e. The van der Waals surface area contributed by atoms with Gasteiger partial charge in [-0.15, -0.1) is 0 Å². The fraction of sp³-hybridized carbons (Fsp3) is 0.873. The summed E-state index contributed by atoms with van der Waals surface area (Å²) in [5, 5.41) is 57.0. The van der Waals surface area contributed by atoms with Crippen LogP contribution < -0.4 is 5.32 Å². The molecule has 1 saturated heterocycles. The number of esters is 1. The number of hydrogen-bond acceptors (Lipinski definition) is 10. The number of unbranched alkanes of at least 4 members (excludes halogenated alkanes) is 35. The van der Waals surface area contributed by atoms with Crippen molar-refractivity contribution in [3.8, 4) is 0 Å². The molecule has 1 rings (SSSR count). The van der Waals surface area contributed by atoms with Crippen LogP contribution in [0.1, 0.15) is 290 Å². The van der Waals surface area contributed by atoms with Gasteiger partial charge in [-0.25, -0.2) is 0 Å². The van der Waals surface area contributed by atoms with Crippen LogP contribution in [0.2, 0.25) is 0 Å². The minimum absolute atomic E-state index is 0.117. The summed E-state index contributed by atoms with van der Waals surface area (Å²) in [7, 11) is 0. The lowest BCUT2D eigenvalue weighted by Gasteiger charge is -2.41. The first-order chi connectivity index (χ1) is 36.2. The van der Waals surface area contributed by atoms with Gasteiger partial charge in [0, 0.05) is 6.42 Å². The van der Waals surface area contributed by atoms with E-state index in [0.29, 0.717) is 19.3 Å². The van der Waals surface area contributed by atoms with Crippen molar-refractivity contribution in [1.82, 2.24) is 5.32 Å². The van der Waals surface area contributed by atoms with Gasteiger partial charge in [0.2, 0.25) is 5.91 Å². The number of amides is 1. The molecule has 0 spiro atoms. The van der Waals surface area contributed by atoms with Crippen LogP contribution >= 0.6 is 0 Å². The fourth-order valence-electron chi connectivity index (χ4n) is 9.80. The van der Waals surface area contributed by atoms with Crippen molar-refractivity contribution >= 4 is 11.9 Å². The highest BCUT2D eigenvalue weighted by Crippen LogP contribution is 2.26. The van der Waals surface area contributed by atoms with E-state index in [1.807, 2.05) is 6.08 Å². The molecule has 0 saturated carbocycles. The Morgan fingerprint density at radius 2 is 0.932 bits per heavy atom. The summed E-state index contributed by atoms with van der Waals surface area (Å²) in [6, 6.07) is -1.02. The summed E-state index contributed by atoms with van der Waals surface area (Å²) < 4.78 is 17.6. The van der Waals surface area contributed by atoms with Gasteiger partial charge >= 0.3 is 5.97 Å². The van der Waals surface area contributed by atoms with Crippen LogP contribution in [0.25, 0.3) is 0 Å². The summed E-state index contributed by atoms with van der Waals surface area (Å²) >= 11 is 0. The largest absolute Gasteiger partial charge is 0.454 e. The lowest BCUT2D eigenvalue weighted by Crippen LogP contribution is -2.61. The van der Waals surface area contributed by atoms with Crippen LogP contribution in [-0.2, 0) is 23.8 Å². The number of aliphatic hydroxyl groups excluding tert-OH is 5. The Labute approximate surface area is 453 Å². The molecule has 1 aliphatic rings. The Kier molecular flexibility index (Phi) is 48.8. The highest BCUT2D eigenvalue weighted by molar-refractivity contribution is 5.80. The van der Waals surface area contributed by atoms with Gasteiger partial charge in [0.25, 0.3) is 0 Å². The Balaban J connectivity index is 2.68. The van der Waals surface area contributed by atoms with E-state index in [1.165, 1.54) is 167 Å². The SMILES string of the molecule is CCCCC/C=C\C/C=C\CCCCCCCCCC(=O)OC1C(OCC(NC(=O)C(O)CCCCCCCCCCCCCCCCCC)C(O)/C=C/CCCCCCCCCCCC)OC(CO)C(O)C1O. The van der Waals surface area contributed by atoms with Crippen LogP contribution in [0.3, 0.4) is 0 Å². The van der Waals surface area contributed by atoms with Crippen molar-refractivity contribution in [2.45, 2.75) is 339 Å². The van der Waals surface area contributed by atoms with Crippen LogP contribution in [0.5, 0.6) is 0 Å². The third-order valence-electron chi connectivity index (χ3n) is 14.8. The summed E-state index contributed by atoms with van der Waals surface area (Å²) in [5.74, 6) is -1.19. The normalized spacial score (nSPS) is 19.5. The standard InChI is InChI=1S/C63H117NO10/c1-4-7-10-13-16-19-22-25-27-29-31-33-36-39-42-45-48-51-58(68)74-61-60(70)59(69)57(52-65)73-63(61)72-53-54(55(66)49-46-43-40-37-34-24-21-18-15-12-9-6-3)64-62(71)56(67)50-47-44-41-38-35-32-30-28-26-23-20-17-14-11-8-5-2/h16,19,25,27,46,49,54-57,59-61,63,65-67,69-70H,4-15,17-18,20-24,26,28-45,47-48,50-53H2,1-3H3,(H,64,71)/b19-16-,27-25-,49-46+. The van der Waals surface area contributed by atoms with Gasteiger partial charge in [-0.3, -0.25) is 9.59 Å². The highest BCUT2D eigenvalue weighted by Gasteiger charge is 2.47. The van der Waals surface area contributed by atoms with Crippen LogP contribution in [0, 0.1) is 0 Å². The first-order valence-electron chi connectivity index (χ1n) is 31.3. The van der Waals surface area contributed by atoms with Crippen molar-refractivity contribution in [1.29, 1.82) is 0 Å². The maximum atomic E-state index is 13.4. The monoisotopic (exact) mass is 1050 g/mol. The molecule has 0 bridgehead atoms. The number of ether oxygens (including phenoxy) is 3. The summed E-state index contributed by atoms with van der Waals surface area (Å²) in [5.41, 5.74) is 0. The second kappa shape index (κ2) is 51.6. The van der Waals surface area contributed by atoms with E-state index in [-0.39, 0.29) is 13.0 Å². The topological polar surface area (TPSA) is 175 Å². The molecule has 0 aromatic rings. The minimum Gasteiger partial charge on any atom is -0.454 e. The van der Waals surface area contributed by atoms with Gasteiger partial charge in [-0.05, 0) is 57.8 Å². The van der Waals surface area contributed by atoms with Crippen LogP contribution in [0.4, 0.5) is 0 Å². The van der Waals surface area contributed by atoms with Crippen molar-refractivity contribution in [2.24, 2.45) is 0 Å². The molecule has 0 aromatic carbocycles. The quantitative estimate of drug-likeness (QED) is 0.0195. The predicted octanol–water partition coefficient (Wildman–Crippen LogP) is 14.7. The van der Waals surface area contributed by atoms with E-state index in [1.54, 1.807) is 6.08 Å². The molecule has 6 N–H and O–H groups in total. The third-order valence-corrected chi connectivity index (χ3v) is 14.8. The van der Waals surface area contributed by atoms with Gasteiger partial charge in [0.15, 0.2) is 12.4 Å². The number of nitrogens with one attached hydrogen (secondary N) is 1. The molecule has 0 aromatic heterocycles. The zero-order valence-corrected chi connectivity index (χ0v) is 48.0. The lowest BCUT2D eigenvalue weighted by atomic mass is 9.99. The van der Waals surface area contributed by atoms with Gasteiger partial charge in [-0.1, -0.05) is 263 Å². The number of hydrogen-bond donors (Lipinski definition) is 6.